The summed E-state index contributed by atoms with van der Waals surface area (Å²) < 4.78 is 30.7. The van der Waals surface area contributed by atoms with Crippen molar-refractivity contribution in [3.05, 3.63) is 271 Å². The van der Waals surface area contributed by atoms with Crippen LogP contribution in [0.15, 0.2) is 246 Å². The topological polar surface area (TPSA) is 247 Å². The Morgan fingerprint density at radius 3 is 0.792 bits per heavy atom. The fraction of sp³-hybridized carbons (Fsp3) is 0.394. The molecule has 12 aromatic carbocycles. The van der Waals surface area contributed by atoms with Crippen LogP contribution >= 0.6 is 0 Å². The molecule has 0 radical (unpaired) electrons. The maximum Gasteiger partial charge on any atom is 0.346 e. The van der Waals surface area contributed by atoms with Gasteiger partial charge in [-0.25, -0.2) is 28.8 Å². The Kier molecular flexibility index (Phi) is 39.8. The van der Waals surface area contributed by atoms with Gasteiger partial charge in [-0.3, -0.25) is 0 Å². The van der Waals surface area contributed by atoms with Gasteiger partial charge in [-0.15, -0.1) is 0 Å². The zero-order valence-corrected chi connectivity index (χ0v) is 74.6. The fourth-order valence-corrected chi connectivity index (χ4v) is 17.0. The molecular formula is C109H134O16. The maximum atomic E-state index is 13.9. The van der Waals surface area contributed by atoms with Crippen molar-refractivity contribution in [3.8, 4) is 11.1 Å². The molecule has 0 aliphatic heterocycles. The van der Waals surface area contributed by atoms with Crippen LogP contribution in [0.5, 0.6) is 0 Å². The van der Waals surface area contributed by atoms with Gasteiger partial charge < -0.3 is 48.2 Å². The number of ether oxygens (including phenoxy) is 4. The van der Waals surface area contributed by atoms with Crippen LogP contribution in [0.2, 0.25) is 0 Å². The molecule has 9 atom stereocenters. The van der Waals surface area contributed by atoms with Gasteiger partial charge in [-0.05, 0) is 290 Å². The van der Waals surface area contributed by atoms with Crippen LogP contribution in [0.1, 0.15) is 183 Å². The summed E-state index contributed by atoms with van der Waals surface area (Å²) in [6, 6.07) is 69.8. The first kappa shape index (κ1) is 101. The number of benzene rings is 12. The van der Waals surface area contributed by atoms with Crippen molar-refractivity contribution in [2.24, 2.45) is 53.3 Å². The third kappa shape index (κ3) is 26.4. The molecule has 0 unspecified atom stereocenters. The van der Waals surface area contributed by atoms with Gasteiger partial charge in [-0.2, -0.15) is 0 Å². The second-order valence-electron chi connectivity index (χ2n) is 33.7. The van der Waals surface area contributed by atoms with Crippen molar-refractivity contribution in [1.29, 1.82) is 0 Å². The predicted octanol–water partition coefficient (Wildman–Crippen LogP) is 24.7. The molecule has 3 aliphatic rings. The lowest BCUT2D eigenvalue weighted by Gasteiger charge is -2.36. The molecule has 0 saturated heterocycles. The highest BCUT2D eigenvalue weighted by molar-refractivity contribution is 6.15. The number of aliphatic hydroxyl groups is 4. The van der Waals surface area contributed by atoms with E-state index in [0.717, 1.165) is 143 Å². The zero-order valence-electron chi connectivity index (χ0n) is 74.6. The van der Waals surface area contributed by atoms with Crippen LogP contribution in [-0.4, -0.2) is 98.4 Å². The number of hydrogen-bond donors (Lipinski definition) is 4. The summed E-state index contributed by atoms with van der Waals surface area (Å²) >= 11 is 0. The van der Waals surface area contributed by atoms with E-state index in [9.17, 15) is 39.0 Å². The van der Waals surface area contributed by atoms with E-state index in [-0.39, 0.29) is 52.3 Å². The lowest BCUT2D eigenvalue weighted by atomic mass is 9.75. The smallest absolute Gasteiger partial charge is 0.346 e. The summed E-state index contributed by atoms with van der Waals surface area (Å²) in [5.41, 5.74) is -0.175. The molecule has 2 heterocycles. The van der Waals surface area contributed by atoms with E-state index in [1.807, 2.05) is 208 Å². The van der Waals surface area contributed by atoms with Gasteiger partial charge in [0.05, 0.1) is 52.0 Å². The average molecular weight is 1700 g/mol. The van der Waals surface area contributed by atoms with Crippen LogP contribution in [0, 0.1) is 53.3 Å². The molecule has 0 amide bonds. The van der Waals surface area contributed by atoms with Gasteiger partial charge in [0.15, 0.2) is 0 Å². The summed E-state index contributed by atoms with van der Waals surface area (Å²) in [7, 11) is 4.74. The minimum absolute atomic E-state index is 0. The summed E-state index contributed by atoms with van der Waals surface area (Å²) in [4.78, 5) is 76.7. The van der Waals surface area contributed by atoms with Gasteiger partial charge in [0.1, 0.15) is 6.10 Å². The third-order valence-corrected chi connectivity index (χ3v) is 23.8. The number of aliphatic hydroxyl groups excluding tert-OH is 4. The highest BCUT2D eigenvalue weighted by Gasteiger charge is 2.35. The quantitative estimate of drug-likeness (QED) is 0.0981. The van der Waals surface area contributed by atoms with E-state index in [0.29, 0.717) is 85.2 Å². The van der Waals surface area contributed by atoms with E-state index < -0.39 is 28.5 Å². The Balaban J connectivity index is 0.000000216. The number of carbonyl (C=O) groups is 2. The van der Waals surface area contributed by atoms with Gasteiger partial charge >= 0.3 is 34.4 Å². The second kappa shape index (κ2) is 49.2. The summed E-state index contributed by atoms with van der Waals surface area (Å²) in [6.45, 7) is 29.4. The number of fused-ring (bicyclic) bond motifs is 12. The van der Waals surface area contributed by atoms with E-state index in [2.05, 4.69) is 71.8 Å². The largest absolute Gasteiger partial charge is 0.465 e. The highest BCUT2D eigenvalue weighted by atomic mass is 16.5. The van der Waals surface area contributed by atoms with Crippen LogP contribution in [0.4, 0.5) is 0 Å². The number of hydrogen-bond acceptors (Lipinski definition) is 16. The van der Waals surface area contributed by atoms with Crippen molar-refractivity contribution in [2.75, 3.05) is 47.8 Å². The van der Waals surface area contributed by atoms with Crippen LogP contribution in [0.3, 0.4) is 0 Å². The zero-order chi connectivity index (χ0) is 89.1. The summed E-state index contributed by atoms with van der Waals surface area (Å²) in [6.07, 6.45) is 10.0. The normalized spacial score (nSPS) is 18.2. The number of esters is 2. The van der Waals surface area contributed by atoms with Crippen molar-refractivity contribution < 1.29 is 57.8 Å². The Labute approximate surface area is 737 Å². The molecule has 4 N–H and O–H groups in total. The van der Waals surface area contributed by atoms with Crippen LogP contribution in [-0.2, 0) is 18.9 Å². The molecule has 3 aliphatic carbocycles. The van der Waals surface area contributed by atoms with Crippen LogP contribution in [0.25, 0.3) is 119 Å². The van der Waals surface area contributed by atoms with Crippen LogP contribution < -0.4 is 22.5 Å². The molecule has 666 valence electrons. The number of carbonyl (C=O) groups excluding carboxylic acids is 2. The molecular weight excluding hydrogens is 1570 g/mol. The lowest BCUT2D eigenvalue weighted by Crippen LogP contribution is -2.36. The van der Waals surface area contributed by atoms with Crippen molar-refractivity contribution in [2.45, 2.75) is 181 Å². The fourth-order valence-electron chi connectivity index (χ4n) is 17.0. The number of methoxy groups -OCH3 is 3. The Bertz CT molecular complexity index is 5640. The van der Waals surface area contributed by atoms with Gasteiger partial charge in [0.25, 0.3) is 0 Å². The van der Waals surface area contributed by atoms with E-state index >= 15 is 0 Å². The SMILES string of the molecule is C.C.CC(C)[C@@H]1CC[C@@H](C)C[C@H]1O.CC(C)[C@H]1CC[C@H](C)C[C@@H]1O.CCO.CCO.CCOC.CCOC.COC(=O)c1cc2ccccc2cc1-c1cc2ccccc2cc1C(=O)O[C@@H]1C[C@H](C)CC[C@H]1C(C)C.O=c1oc(=O)c2cc3ccccc3cc2c2cc3ccccc3cc12.O=c1oc(=O)c2cc3ccccc3cc2c2cc3ccccc3cc12. The highest BCUT2D eigenvalue weighted by Crippen LogP contribution is 2.41. The molecule has 0 bridgehead atoms. The van der Waals surface area contributed by atoms with Gasteiger partial charge in [0, 0.05) is 40.6 Å². The molecule has 0 spiro atoms. The Morgan fingerprint density at radius 2 is 0.560 bits per heavy atom. The molecule has 3 fully saturated rings. The minimum atomic E-state index is -0.606. The molecule has 125 heavy (non-hydrogen) atoms. The van der Waals surface area contributed by atoms with E-state index in [1.54, 1.807) is 52.3 Å². The lowest BCUT2D eigenvalue weighted by molar-refractivity contribution is -0.0173. The molecule has 14 aromatic rings. The van der Waals surface area contributed by atoms with Gasteiger partial charge in [-0.1, -0.05) is 242 Å². The molecule has 16 heteroatoms. The van der Waals surface area contributed by atoms with Gasteiger partial charge in [0.2, 0.25) is 0 Å². The molecule has 17 rings (SSSR count). The summed E-state index contributed by atoms with van der Waals surface area (Å²) in [5.74, 6) is 4.43. The van der Waals surface area contributed by atoms with Crippen molar-refractivity contribution >= 4 is 120 Å². The van der Waals surface area contributed by atoms with Crippen molar-refractivity contribution in [1.82, 2.24) is 0 Å². The predicted molar refractivity (Wildman–Crippen MR) is 520 cm³/mol. The monoisotopic (exact) mass is 1700 g/mol. The first-order valence-electron chi connectivity index (χ1n) is 43.7. The molecule has 2 aromatic heterocycles. The Hall–Kier alpha value is -10.8. The van der Waals surface area contributed by atoms with E-state index in [1.165, 1.54) is 32.8 Å². The standard InChI is InChI=1S/C33H34O4.2C22H12O3.2C10H20O.2C3H8O.2C2H6O.2CH4/c1-20(2)26-14-13-21(3)15-31(26)37-33(35)30-19-25-12-8-6-10-23(25)17-28(30)27-16-22-9-5-7-11-24(22)18-29(27)32(34)36-4;2*23-21-19-11-15-7-3-1-5-13(15)9-17(19)18-10-14-6-2-4-8-16(14)12-20(18)22(24)25-21;2*1-7(2)9-5-4-8(3)6-10(9)11;2*1-3-4-2;2*1-2-3;;/h5-12,16-21,26,31H,13-15H2,1-4H3;2*1-12H;2*7-11H,4-6H2,1-3H3;2*3H2,1-2H3;2*3H,2H2,1H3;2*1H4/t21-,26+,31-;;;2*8-,9+,10-;;;;;;/m1..10....../s1. The van der Waals surface area contributed by atoms with Crippen molar-refractivity contribution in [3.63, 3.8) is 0 Å². The Morgan fingerprint density at radius 1 is 0.344 bits per heavy atom. The third-order valence-electron chi connectivity index (χ3n) is 23.8. The first-order chi connectivity index (χ1) is 59.1. The average Bonchev–Trinajstić information content (AvgIpc) is 0.957. The number of rotatable bonds is 9. The van der Waals surface area contributed by atoms with E-state index in [4.69, 9.17) is 28.5 Å². The second-order valence-corrected chi connectivity index (χ2v) is 33.7. The maximum absolute atomic E-state index is 13.9. The molecule has 3 saturated carbocycles. The molecule has 16 nitrogen and oxygen atoms in total. The first-order valence-corrected chi connectivity index (χ1v) is 43.7. The summed E-state index contributed by atoms with van der Waals surface area (Å²) in [5, 5.41) is 50.8. The minimum Gasteiger partial charge on any atom is -0.465 e.